The van der Waals surface area contributed by atoms with Crippen LogP contribution < -0.4 is 5.56 Å². The zero-order valence-electron chi connectivity index (χ0n) is 15.2. The third-order valence-electron chi connectivity index (χ3n) is 5.10. The molecule has 2 aromatic rings. The summed E-state index contributed by atoms with van der Waals surface area (Å²) in [5, 5.41) is 10.1. The normalized spacial score (nSPS) is 17.6. The fourth-order valence-corrected chi connectivity index (χ4v) is 3.46. The van der Waals surface area contributed by atoms with Crippen LogP contribution in [0.3, 0.4) is 0 Å². The molecule has 2 atom stereocenters. The Kier molecular flexibility index (Phi) is 5.08. The number of rotatable bonds is 4. The van der Waals surface area contributed by atoms with Gasteiger partial charge in [-0.1, -0.05) is 30.3 Å². The van der Waals surface area contributed by atoms with Gasteiger partial charge in [0.2, 0.25) is 5.75 Å². The summed E-state index contributed by atoms with van der Waals surface area (Å²) in [7, 11) is 3.18. The number of benzene rings is 1. The van der Waals surface area contributed by atoms with Crippen molar-refractivity contribution in [2.45, 2.75) is 38.4 Å². The van der Waals surface area contributed by atoms with Gasteiger partial charge in [0.05, 0.1) is 13.2 Å². The molecule has 7 nitrogen and oxygen atoms in total. The first-order valence-electron chi connectivity index (χ1n) is 8.64. The third kappa shape index (κ3) is 3.10. The van der Waals surface area contributed by atoms with E-state index in [-0.39, 0.29) is 17.8 Å². The van der Waals surface area contributed by atoms with Crippen molar-refractivity contribution in [3.05, 3.63) is 57.8 Å². The maximum Gasteiger partial charge on any atom is 0.360 e. The van der Waals surface area contributed by atoms with Gasteiger partial charge in [-0.3, -0.25) is 14.3 Å². The molecular weight excluding hydrogens is 334 g/mol. The van der Waals surface area contributed by atoms with Gasteiger partial charge in [0.25, 0.3) is 5.56 Å². The van der Waals surface area contributed by atoms with Crippen LogP contribution >= 0.6 is 0 Å². The van der Waals surface area contributed by atoms with Crippen molar-refractivity contribution in [1.29, 1.82) is 0 Å². The molecule has 3 rings (SSSR count). The summed E-state index contributed by atoms with van der Waals surface area (Å²) in [4.78, 5) is 30.9. The third-order valence-corrected chi connectivity index (χ3v) is 5.10. The Hall–Kier alpha value is -2.67. The number of aromatic hydroxyl groups is 1. The zero-order valence-corrected chi connectivity index (χ0v) is 15.2. The van der Waals surface area contributed by atoms with Crippen molar-refractivity contribution in [2.24, 2.45) is 0 Å². The number of hydrogen-bond acceptors (Lipinski definition) is 6. The van der Waals surface area contributed by atoms with Crippen molar-refractivity contribution >= 4 is 5.97 Å². The van der Waals surface area contributed by atoms with Gasteiger partial charge in [0, 0.05) is 12.6 Å². The fraction of sp³-hybridized carbons (Fsp3) is 0.421. The predicted molar refractivity (Wildman–Crippen MR) is 96.1 cm³/mol. The summed E-state index contributed by atoms with van der Waals surface area (Å²) in [6, 6.07) is 10.0. The summed E-state index contributed by atoms with van der Waals surface area (Å²) < 4.78 is 6.11. The number of carbonyl (C=O) groups is 1. The summed E-state index contributed by atoms with van der Waals surface area (Å²) in [6.45, 7) is 2.56. The highest BCUT2D eigenvalue weighted by Crippen LogP contribution is 2.34. The lowest BCUT2D eigenvalue weighted by atomic mass is 10.00. The topological polar surface area (TPSA) is 84.7 Å². The zero-order chi connectivity index (χ0) is 18.8. The highest BCUT2D eigenvalue weighted by molar-refractivity contribution is 5.89. The lowest BCUT2D eigenvalue weighted by Crippen LogP contribution is -2.38. The molecule has 2 heterocycles. The number of hydrogen-bond donors (Lipinski definition) is 1. The smallest absolute Gasteiger partial charge is 0.360 e. The maximum absolute atomic E-state index is 12.5. The molecule has 0 saturated carbocycles. The minimum atomic E-state index is -0.814. The fourth-order valence-electron chi connectivity index (χ4n) is 3.46. The second-order valence-electron chi connectivity index (χ2n) is 6.53. The molecular formula is C19H23N3O4. The molecule has 0 fully saturated rings. The van der Waals surface area contributed by atoms with E-state index in [9.17, 15) is 14.7 Å². The summed E-state index contributed by atoms with van der Waals surface area (Å²) >= 11 is 0. The van der Waals surface area contributed by atoms with E-state index in [4.69, 9.17) is 0 Å². The van der Waals surface area contributed by atoms with Crippen molar-refractivity contribution in [3.63, 3.8) is 0 Å². The Bertz CT molecular complexity index is 863. The molecule has 0 aliphatic carbocycles. The van der Waals surface area contributed by atoms with Gasteiger partial charge >= 0.3 is 5.97 Å². The van der Waals surface area contributed by atoms with E-state index in [0.29, 0.717) is 12.4 Å². The Labute approximate surface area is 151 Å². The molecule has 0 bridgehead atoms. The van der Waals surface area contributed by atoms with Crippen LogP contribution in [-0.2, 0) is 11.3 Å². The molecule has 1 unspecified atom stereocenters. The van der Waals surface area contributed by atoms with E-state index < -0.39 is 17.3 Å². The highest BCUT2D eigenvalue weighted by Gasteiger charge is 2.32. The summed E-state index contributed by atoms with van der Waals surface area (Å²) in [6.07, 6.45) is 1.60. The number of fused-ring (bicyclic) bond motifs is 1. The van der Waals surface area contributed by atoms with Crippen LogP contribution in [-0.4, -0.2) is 39.7 Å². The van der Waals surface area contributed by atoms with Crippen molar-refractivity contribution in [2.75, 3.05) is 14.2 Å². The number of aromatic nitrogens is 2. The van der Waals surface area contributed by atoms with Gasteiger partial charge in [0.15, 0.2) is 5.69 Å². The molecule has 0 saturated heterocycles. The minimum absolute atomic E-state index is 0.0973. The van der Waals surface area contributed by atoms with Crippen LogP contribution in [0.4, 0.5) is 0 Å². The standard InChI is InChI=1S/C19H23N3O4/c1-12(13-8-5-4-6-9-13)21(2)14-10-7-11-22-17(14)20-15(19(25)26-3)16(23)18(22)24/h4-6,8-9,12,14,23H,7,10-11H2,1-3H3/t12-,14?/m0/s1. The molecule has 7 heteroatoms. The second-order valence-corrected chi connectivity index (χ2v) is 6.53. The maximum atomic E-state index is 12.5. The molecule has 1 aliphatic rings. The predicted octanol–water partition coefficient (Wildman–Crippen LogP) is 2.26. The average molecular weight is 357 g/mol. The lowest BCUT2D eigenvalue weighted by molar-refractivity contribution is 0.0586. The van der Waals surface area contributed by atoms with Crippen molar-refractivity contribution < 1.29 is 14.6 Å². The van der Waals surface area contributed by atoms with E-state index >= 15 is 0 Å². The highest BCUT2D eigenvalue weighted by atomic mass is 16.5. The molecule has 0 radical (unpaired) electrons. The van der Waals surface area contributed by atoms with Crippen LogP contribution in [0.25, 0.3) is 0 Å². The van der Waals surface area contributed by atoms with Gasteiger partial charge in [-0.2, -0.15) is 0 Å². The molecule has 26 heavy (non-hydrogen) atoms. The number of carbonyl (C=O) groups excluding carboxylic acids is 1. The molecule has 0 amide bonds. The van der Waals surface area contributed by atoms with Crippen LogP contribution in [0, 0.1) is 0 Å². The molecule has 1 aliphatic heterocycles. The Balaban J connectivity index is 2.04. The molecule has 1 aromatic carbocycles. The number of methoxy groups -OCH3 is 1. The second kappa shape index (κ2) is 7.29. The van der Waals surface area contributed by atoms with E-state index in [0.717, 1.165) is 18.4 Å². The molecule has 1 aromatic heterocycles. The van der Waals surface area contributed by atoms with Crippen LogP contribution in [0.15, 0.2) is 35.1 Å². The minimum Gasteiger partial charge on any atom is -0.501 e. The van der Waals surface area contributed by atoms with E-state index in [1.807, 2.05) is 25.2 Å². The Morgan fingerprint density at radius 1 is 1.38 bits per heavy atom. The van der Waals surface area contributed by atoms with Crippen LogP contribution in [0.5, 0.6) is 5.75 Å². The monoisotopic (exact) mass is 357 g/mol. The van der Waals surface area contributed by atoms with E-state index in [1.165, 1.54) is 11.7 Å². The lowest BCUT2D eigenvalue weighted by Gasteiger charge is -2.36. The number of nitrogens with zero attached hydrogens (tertiary/aromatic N) is 3. The van der Waals surface area contributed by atoms with E-state index in [2.05, 4.69) is 33.7 Å². The summed E-state index contributed by atoms with van der Waals surface area (Å²) in [5.41, 5.74) is 0.235. The first kappa shape index (κ1) is 18.1. The molecule has 138 valence electrons. The number of ether oxygens (including phenoxy) is 1. The average Bonchev–Trinajstić information content (AvgIpc) is 2.69. The first-order chi connectivity index (χ1) is 12.5. The van der Waals surface area contributed by atoms with Gasteiger partial charge in [-0.05, 0) is 32.4 Å². The Morgan fingerprint density at radius 2 is 2.08 bits per heavy atom. The molecule has 0 spiro atoms. The SMILES string of the molecule is COC(=O)c1nc2n(c(=O)c1O)CCCC2N(C)[C@@H](C)c1ccccc1. The quantitative estimate of drug-likeness (QED) is 0.845. The first-order valence-corrected chi connectivity index (χ1v) is 8.64. The van der Waals surface area contributed by atoms with Crippen molar-refractivity contribution in [3.8, 4) is 5.75 Å². The van der Waals surface area contributed by atoms with Gasteiger partial charge in [0.1, 0.15) is 5.82 Å². The largest absolute Gasteiger partial charge is 0.501 e. The van der Waals surface area contributed by atoms with Crippen molar-refractivity contribution in [1.82, 2.24) is 14.5 Å². The van der Waals surface area contributed by atoms with Gasteiger partial charge in [-0.15, -0.1) is 0 Å². The van der Waals surface area contributed by atoms with Crippen LogP contribution in [0.2, 0.25) is 0 Å². The van der Waals surface area contributed by atoms with Crippen LogP contribution in [0.1, 0.15) is 53.7 Å². The van der Waals surface area contributed by atoms with Gasteiger partial charge in [-0.25, -0.2) is 9.78 Å². The molecule has 1 N–H and O–H groups in total. The number of esters is 1. The van der Waals surface area contributed by atoms with Gasteiger partial charge < -0.3 is 9.84 Å². The summed E-state index contributed by atoms with van der Waals surface area (Å²) in [5.74, 6) is -0.976. The van der Waals surface area contributed by atoms with E-state index in [1.54, 1.807) is 0 Å². The Morgan fingerprint density at radius 3 is 2.73 bits per heavy atom.